The number of amides is 1. The molecule has 0 atom stereocenters. The van der Waals surface area contributed by atoms with Gasteiger partial charge >= 0.3 is 0 Å². The Balaban J connectivity index is 2.23. The van der Waals surface area contributed by atoms with E-state index in [0.29, 0.717) is 43.0 Å². The molecule has 1 N–H and O–H groups in total. The maximum absolute atomic E-state index is 13.2. The van der Waals surface area contributed by atoms with E-state index in [0.717, 1.165) is 6.26 Å². The van der Waals surface area contributed by atoms with Crippen LogP contribution in [0.25, 0.3) is 0 Å². The lowest BCUT2D eigenvalue weighted by molar-refractivity contribution is -0.116. The van der Waals surface area contributed by atoms with E-state index in [2.05, 4.69) is 10.4 Å². The lowest BCUT2D eigenvalue weighted by atomic mass is 10.3. The van der Waals surface area contributed by atoms with Gasteiger partial charge in [-0.05, 0) is 51.0 Å². The van der Waals surface area contributed by atoms with Crippen molar-refractivity contribution in [3.63, 3.8) is 0 Å². The fourth-order valence-electron chi connectivity index (χ4n) is 3.31. The van der Waals surface area contributed by atoms with Crippen molar-refractivity contribution >= 4 is 31.5 Å². The number of hydrogen-bond acceptors (Lipinski definition) is 6. The number of nitrogens with one attached hydrogen (secondary N) is 1. The maximum Gasteiger partial charge on any atom is 0.246 e. The van der Waals surface area contributed by atoms with E-state index in [4.69, 9.17) is 0 Å². The summed E-state index contributed by atoms with van der Waals surface area (Å²) in [6, 6.07) is 5.82. The highest BCUT2D eigenvalue weighted by atomic mass is 32.2. The highest BCUT2D eigenvalue weighted by molar-refractivity contribution is 7.90. The van der Waals surface area contributed by atoms with Gasteiger partial charge in [0.2, 0.25) is 15.9 Å². The summed E-state index contributed by atoms with van der Waals surface area (Å²) in [7, 11) is -7.04. The zero-order chi connectivity index (χ0) is 23.4. The van der Waals surface area contributed by atoms with Crippen molar-refractivity contribution in [3.8, 4) is 0 Å². The van der Waals surface area contributed by atoms with Crippen LogP contribution in [0, 0.1) is 13.8 Å². The van der Waals surface area contributed by atoms with E-state index in [1.165, 1.54) is 33.3 Å². The molecule has 1 amide bonds. The molecule has 9 nitrogen and oxygen atoms in total. The molecule has 1 heterocycles. The highest BCUT2D eigenvalue weighted by Crippen LogP contribution is 2.24. The highest BCUT2D eigenvalue weighted by Gasteiger charge is 2.30. The number of carbonyl (C=O) groups is 1. The molecule has 0 bridgehead atoms. The molecule has 0 aliphatic rings. The quantitative estimate of drug-likeness (QED) is 0.569. The molecule has 0 unspecified atom stereocenters. The molecule has 0 radical (unpaired) electrons. The first-order valence-electron chi connectivity index (χ1n) is 10.1. The van der Waals surface area contributed by atoms with Gasteiger partial charge in [-0.1, -0.05) is 13.8 Å². The lowest BCUT2D eigenvalue weighted by Crippen LogP contribution is -2.33. The average molecular weight is 471 g/mol. The Bertz CT molecular complexity index is 1130. The van der Waals surface area contributed by atoms with Crippen LogP contribution >= 0.6 is 0 Å². The van der Waals surface area contributed by atoms with E-state index in [1.807, 2.05) is 13.8 Å². The van der Waals surface area contributed by atoms with Crippen LogP contribution < -0.4 is 5.32 Å². The van der Waals surface area contributed by atoms with Crippen LogP contribution in [-0.4, -0.2) is 56.2 Å². The number of rotatable bonds is 10. The predicted octanol–water partition coefficient (Wildman–Crippen LogP) is 2.35. The third-order valence-corrected chi connectivity index (χ3v) is 8.00. The van der Waals surface area contributed by atoms with Gasteiger partial charge in [0, 0.05) is 25.0 Å². The summed E-state index contributed by atoms with van der Waals surface area (Å²) in [5.41, 5.74) is 1.18. The van der Waals surface area contributed by atoms with Crippen molar-refractivity contribution in [2.24, 2.45) is 0 Å². The molecule has 172 valence electrons. The summed E-state index contributed by atoms with van der Waals surface area (Å²) in [6.45, 7) is 7.78. The summed E-state index contributed by atoms with van der Waals surface area (Å²) in [4.78, 5) is 12.8. The molecule has 2 aromatic rings. The summed E-state index contributed by atoms with van der Waals surface area (Å²) in [5.74, 6) is -0.402. The van der Waals surface area contributed by atoms with Crippen LogP contribution in [0.1, 0.15) is 38.1 Å². The van der Waals surface area contributed by atoms with Crippen LogP contribution in [0.15, 0.2) is 34.1 Å². The smallest absolute Gasteiger partial charge is 0.246 e. The normalized spacial score (nSPS) is 12.3. The van der Waals surface area contributed by atoms with Gasteiger partial charge in [0.15, 0.2) is 9.84 Å². The van der Waals surface area contributed by atoms with Crippen molar-refractivity contribution in [2.75, 3.05) is 24.7 Å². The third kappa shape index (κ3) is 5.92. The minimum Gasteiger partial charge on any atom is -0.324 e. The molecule has 1 aromatic carbocycles. The third-order valence-electron chi connectivity index (χ3n) is 4.72. The van der Waals surface area contributed by atoms with Gasteiger partial charge in [0.1, 0.15) is 11.4 Å². The first-order chi connectivity index (χ1) is 14.4. The Morgan fingerprint density at radius 2 is 1.58 bits per heavy atom. The fourth-order valence-corrected chi connectivity index (χ4v) is 5.94. The zero-order valence-electron chi connectivity index (χ0n) is 18.5. The standard InChI is InChI=1S/C20H30N4O5S2/c1-6-12-23(13-7-2)31(28,29)20-15(3)22-24(16(20)4)14-19(25)21-17-8-10-18(11-9-17)30(5,26)27/h8-11H,6-7,12-14H2,1-5H3,(H,21,25). The summed E-state index contributed by atoms with van der Waals surface area (Å²) in [6.07, 6.45) is 2.51. The first kappa shape index (κ1) is 25.0. The van der Waals surface area contributed by atoms with Gasteiger partial charge in [-0.25, -0.2) is 16.8 Å². The molecule has 0 aliphatic carbocycles. The van der Waals surface area contributed by atoms with Gasteiger partial charge in [0.05, 0.1) is 16.3 Å². The Labute approximate surface area is 184 Å². The van der Waals surface area contributed by atoms with Gasteiger partial charge in [0.25, 0.3) is 0 Å². The van der Waals surface area contributed by atoms with Crippen LogP contribution in [0.4, 0.5) is 5.69 Å². The van der Waals surface area contributed by atoms with Gasteiger partial charge in [-0.2, -0.15) is 9.40 Å². The molecule has 11 heteroatoms. The predicted molar refractivity (Wildman–Crippen MR) is 119 cm³/mol. The van der Waals surface area contributed by atoms with E-state index >= 15 is 0 Å². The van der Waals surface area contributed by atoms with Crippen molar-refractivity contribution in [2.45, 2.75) is 56.9 Å². The monoisotopic (exact) mass is 470 g/mol. The second-order valence-electron chi connectivity index (χ2n) is 7.41. The molecule has 0 saturated heterocycles. The molecule has 0 aliphatic heterocycles. The average Bonchev–Trinajstić information content (AvgIpc) is 2.94. The second-order valence-corrected chi connectivity index (χ2v) is 11.3. The van der Waals surface area contributed by atoms with Gasteiger partial charge in [-0.3, -0.25) is 9.48 Å². The van der Waals surface area contributed by atoms with Crippen LogP contribution in [0.2, 0.25) is 0 Å². The number of sulfonamides is 1. The topological polar surface area (TPSA) is 118 Å². The van der Waals surface area contributed by atoms with E-state index in [1.54, 1.807) is 13.8 Å². The molecule has 2 rings (SSSR count). The van der Waals surface area contributed by atoms with Gasteiger partial charge in [-0.15, -0.1) is 0 Å². The van der Waals surface area contributed by atoms with E-state index in [9.17, 15) is 21.6 Å². The number of carbonyl (C=O) groups excluding carboxylic acids is 1. The number of anilines is 1. The maximum atomic E-state index is 13.2. The second kappa shape index (κ2) is 9.92. The van der Waals surface area contributed by atoms with Crippen molar-refractivity contribution in [1.29, 1.82) is 0 Å². The molecule has 0 fully saturated rings. The van der Waals surface area contributed by atoms with Crippen LogP contribution in [0.3, 0.4) is 0 Å². The minimum atomic E-state index is -3.72. The van der Waals surface area contributed by atoms with E-state index in [-0.39, 0.29) is 16.3 Å². The summed E-state index contributed by atoms with van der Waals surface area (Å²) < 4.78 is 52.3. The number of hydrogen-bond donors (Lipinski definition) is 1. The molecular weight excluding hydrogens is 440 g/mol. The largest absolute Gasteiger partial charge is 0.324 e. The Kier molecular flexibility index (Phi) is 8.01. The molecule has 0 saturated carbocycles. The Morgan fingerprint density at radius 1 is 1.03 bits per heavy atom. The fraction of sp³-hybridized carbons (Fsp3) is 0.500. The summed E-state index contributed by atoms with van der Waals surface area (Å²) >= 11 is 0. The summed E-state index contributed by atoms with van der Waals surface area (Å²) in [5, 5.41) is 6.95. The minimum absolute atomic E-state index is 0.139. The number of aromatic nitrogens is 2. The van der Waals surface area contributed by atoms with Crippen LogP contribution in [0.5, 0.6) is 0 Å². The SMILES string of the molecule is CCCN(CCC)S(=O)(=O)c1c(C)nn(CC(=O)Nc2ccc(S(C)(=O)=O)cc2)c1C. The number of nitrogens with zero attached hydrogens (tertiary/aromatic N) is 3. The van der Waals surface area contributed by atoms with E-state index < -0.39 is 25.8 Å². The Hall–Kier alpha value is -2.24. The molecule has 31 heavy (non-hydrogen) atoms. The number of aryl methyl sites for hydroxylation is 1. The number of sulfone groups is 1. The molecular formula is C20H30N4O5S2. The van der Waals surface area contributed by atoms with Gasteiger partial charge < -0.3 is 5.32 Å². The Morgan fingerprint density at radius 3 is 2.06 bits per heavy atom. The van der Waals surface area contributed by atoms with Crippen molar-refractivity contribution < 1.29 is 21.6 Å². The zero-order valence-corrected chi connectivity index (χ0v) is 20.2. The lowest BCUT2D eigenvalue weighted by Gasteiger charge is -2.21. The van der Waals surface area contributed by atoms with Crippen LogP contribution in [-0.2, 0) is 31.2 Å². The number of benzene rings is 1. The van der Waals surface area contributed by atoms with Crippen molar-refractivity contribution in [3.05, 3.63) is 35.7 Å². The first-order valence-corrected chi connectivity index (χ1v) is 13.4. The van der Waals surface area contributed by atoms with Crippen molar-refractivity contribution in [1.82, 2.24) is 14.1 Å². The molecule has 0 spiro atoms. The molecule has 1 aromatic heterocycles.